The molecule has 0 aromatic carbocycles. The maximum absolute atomic E-state index is 11.2. The van der Waals surface area contributed by atoms with Gasteiger partial charge in [0.1, 0.15) is 12.2 Å². The van der Waals surface area contributed by atoms with Gasteiger partial charge in [0, 0.05) is 12.4 Å². The van der Waals surface area contributed by atoms with Crippen LogP contribution in [0.3, 0.4) is 0 Å². The molecule has 2 rings (SSSR count). The lowest BCUT2D eigenvalue weighted by Crippen LogP contribution is -2.13. The predicted molar refractivity (Wildman–Crippen MR) is 60.5 cm³/mol. The van der Waals surface area contributed by atoms with Crippen LogP contribution in [0.5, 0.6) is 0 Å². The van der Waals surface area contributed by atoms with E-state index in [0.717, 1.165) is 0 Å². The summed E-state index contributed by atoms with van der Waals surface area (Å²) in [5, 5.41) is 6.61. The maximum atomic E-state index is 11.2. The minimum atomic E-state index is -0.410. The summed E-state index contributed by atoms with van der Waals surface area (Å²) in [7, 11) is 1.31. The molecule has 0 amide bonds. The van der Waals surface area contributed by atoms with E-state index in [1.807, 2.05) is 0 Å². The van der Waals surface area contributed by atoms with Crippen LogP contribution in [0.25, 0.3) is 11.5 Å². The molecule has 1 N–H and O–H groups in total. The largest absolute Gasteiger partial charge is 0.468 e. The molecule has 0 spiro atoms. The Balaban J connectivity index is 2.43. The van der Waals surface area contributed by atoms with Gasteiger partial charge in [0.05, 0.1) is 13.3 Å². The van der Waals surface area contributed by atoms with Gasteiger partial charge in [-0.3, -0.25) is 19.4 Å². The van der Waals surface area contributed by atoms with E-state index in [1.54, 1.807) is 12.4 Å². The first-order valence-corrected chi connectivity index (χ1v) is 5.11. The molecule has 0 saturated heterocycles. The molecule has 0 atom stereocenters. The van der Waals surface area contributed by atoms with E-state index < -0.39 is 5.97 Å². The third-order valence-corrected chi connectivity index (χ3v) is 2.38. The molecule has 0 fully saturated rings. The molecular weight excluding hydrogens is 242 g/mol. The van der Waals surface area contributed by atoms with Crippen molar-refractivity contribution in [3.8, 4) is 11.5 Å². The number of esters is 1. The number of rotatable bonds is 3. The highest BCUT2D eigenvalue weighted by atomic mass is 32.1. The van der Waals surface area contributed by atoms with Gasteiger partial charge in [0.15, 0.2) is 10.6 Å². The fourth-order valence-corrected chi connectivity index (χ4v) is 1.46. The van der Waals surface area contributed by atoms with Crippen molar-refractivity contribution in [2.24, 2.45) is 0 Å². The van der Waals surface area contributed by atoms with Crippen molar-refractivity contribution in [2.45, 2.75) is 6.54 Å². The summed E-state index contributed by atoms with van der Waals surface area (Å²) >= 11 is 5.03. The Kier molecular flexibility index (Phi) is 3.24. The number of ether oxygens (including phenoxy) is 1. The average Bonchev–Trinajstić information content (AvgIpc) is 2.72. The third kappa shape index (κ3) is 2.36. The number of carbonyl (C=O) groups is 1. The Morgan fingerprint density at radius 3 is 3.06 bits per heavy atom. The molecule has 0 saturated carbocycles. The number of H-pyrrole nitrogens is 1. The summed E-state index contributed by atoms with van der Waals surface area (Å²) < 4.78 is 6.42. The number of methoxy groups -OCH3 is 1. The van der Waals surface area contributed by atoms with Crippen LogP contribution in [0, 0.1) is 4.77 Å². The van der Waals surface area contributed by atoms with E-state index in [0.29, 0.717) is 16.3 Å². The molecule has 8 heteroatoms. The Morgan fingerprint density at radius 1 is 1.59 bits per heavy atom. The van der Waals surface area contributed by atoms with Crippen molar-refractivity contribution >= 4 is 18.2 Å². The first-order valence-electron chi connectivity index (χ1n) is 4.71. The van der Waals surface area contributed by atoms with Gasteiger partial charge in [0.25, 0.3) is 0 Å². The number of hydrogen-bond donors (Lipinski definition) is 1. The Labute approximate surface area is 101 Å². The molecular formula is C9H9N5O2S. The van der Waals surface area contributed by atoms with Crippen LogP contribution in [0.1, 0.15) is 0 Å². The number of nitrogens with one attached hydrogen (secondary N) is 1. The summed E-state index contributed by atoms with van der Waals surface area (Å²) in [5.41, 5.74) is 0.531. The first kappa shape index (κ1) is 11.4. The van der Waals surface area contributed by atoms with Crippen molar-refractivity contribution in [3.05, 3.63) is 23.4 Å². The molecule has 0 bridgehead atoms. The summed E-state index contributed by atoms with van der Waals surface area (Å²) in [6.45, 7) is -0.0161. The summed E-state index contributed by atoms with van der Waals surface area (Å²) in [6.07, 6.45) is 4.63. The fourth-order valence-electron chi connectivity index (χ4n) is 1.27. The molecule has 88 valence electrons. The second-order valence-electron chi connectivity index (χ2n) is 3.11. The quantitative estimate of drug-likeness (QED) is 0.634. The highest BCUT2D eigenvalue weighted by Crippen LogP contribution is 2.12. The lowest BCUT2D eigenvalue weighted by Gasteiger charge is -2.03. The Morgan fingerprint density at radius 2 is 2.41 bits per heavy atom. The zero-order valence-electron chi connectivity index (χ0n) is 8.95. The van der Waals surface area contributed by atoms with Gasteiger partial charge in [0.2, 0.25) is 0 Å². The number of nitrogens with zero attached hydrogens (tertiary/aromatic N) is 4. The summed E-state index contributed by atoms with van der Waals surface area (Å²) in [4.78, 5) is 19.3. The van der Waals surface area contributed by atoms with E-state index in [-0.39, 0.29) is 6.54 Å². The Bertz CT molecular complexity index is 577. The Hall–Kier alpha value is -2.09. The molecule has 7 nitrogen and oxygen atoms in total. The molecule has 0 aliphatic heterocycles. The van der Waals surface area contributed by atoms with Gasteiger partial charge in [-0.15, -0.1) is 0 Å². The van der Waals surface area contributed by atoms with Crippen LogP contribution in [-0.2, 0) is 16.1 Å². The predicted octanol–water partition coefficient (Wildman–Crippen LogP) is 0.571. The second-order valence-corrected chi connectivity index (χ2v) is 3.49. The van der Waals surface area contributed by atoms with E-state index >= 15 is 0 Å². The van der Waals surface area contributed by atoms with Crippen molar-refractivity contribution < 1.29 is 9.53 Å². The lowest BCUT2D eigenvalue weighted by molar-refractivity contribution is -0.141. The smallest absolute Gasteiger partial charge is 0.325 e. The number of aromatic amines is 1. The van der Waals surface area contributed by atoms with Gasteiger partial charge in [-0.1, -0.05) is 0 Å². The van der Waals surface area contributed by atoms with Crippen molar-refractivity contribution in [2.75, 3.05) is 7.11 Å². The monoisotopic (exact) mass is 251 g/mol. The van der Waals surface area contributed by atoms with Crippen LogP contribution in [0.4, 0.5) is 0 Å². The van der Waals surface area contributed by atoms with Gasteiger partial charge in [-0.2, -0.15) is 5.10 Å². The van der Waals surface area contributed by atoms with E-state index in [4.69, 9.17) is 12.2 Å². The maximum Gasteiger partial charge on any atom is 0.325 e. The molecule has 0 unspecified atom stereocenters. The molecule has 0 aliphatic carbocycles. The van der Waals surface area contributed by atoms with Crippen LogP contribution < -0.4 is 0 Å². The molecule has 0 aliphatic rings. The third-order valence-electron chi connectivity index (χ3n) is 2.07. The molecule has 17 heavy (non-hydrogen) atoms. The normalized spacial score (nSPS) is 10.2. The molecule has 2 aromatic rings. The van der Waals surface area contributed by atoms with Gasteiger partial charge in [-0.05, 0) is 12.2 Å². The first-order chi connectivity index (χ1) is 8.22. The van der Waals surface area contributed by atoms with Gasteiger partial charge < -0.3 is 4.74 Å². The SMILES string of the molecule is COC(=O)Cn1c(-c2cnccn2)n[nH]c1=S. The molecule has 2 aromatic heterocycles. The van der Waals surface area contributed by atoms with Crippen molar-refractivity contribution in [1.29, 1.82) is 0 Å². The summed E-state index contributed by atoms with van der Waals surface area (Å²) in [6, 6.07) is 0. The standard InChI is InChI=1S/C9H9N5O2S/c1-16-7(15)5-14-8(12-13-9(14)17)6-4-10-2-3-11-6/h2-4H,5H2,1H3,(H,13,17). The van der Waals surface area contributed by atoms with Gasteiger partial charge >= 0.3 is 5.97 Å². The number of aromatic nitrogens is 5. The summed E-state index contributed by atoms with van der Waals surface area (Å²) in [5.74, 6) is 0.0427. The van der Waals surface area contributed by atoms with Crippen LogP contribution in [0.15, 0.2) is 18.6 Å². The number of carbonyl (C=O) groups excluding carboxylic acids is 1. The minimum Gasteiger partial charge on any atom is -0.468 e. The van der Waals surface area contributed by atoms with E-state index in [1.165, 1.54) is 17.9 Å². The zero-order chi connectivity index (χ0) is 12.3. The van der Waals surface area contributed by atoms with Crippen LogP contribution >= 0.6 is 12.2 Å². The average molecular weight is 251 g/mol. The van der Waals surface area contributed by atoms with E-state index in [2.05, 4.69) is 24.9 Å². The second kappa shape index (κ2) is 4.83. The molecule has 2 heterocycles. The van der Waals surface area contributed by atoms with Crippen molar-refractivity contribution in [3.63, 3.8) is 0 Å². The van der Waals surface area contributed by atoms with Gasteiger partial charge in [-0.25, -0.2) is 4.98 Å². The molecule has 0 radical (unpaired) electrons. The van der Waals surface area contributed by atoms with Crippen molar-refractivity contribution in [1.82, 2.24) is 24.7 Å². The highest BCUT2D eigenvalue weighted by Gasteiger charge is 2.13. The fraction of sp³-hybridized carbons (Fsp3) is 0.222. The zero-order valence-corrected chi connectivity index (χ0v) is 9.77. The topological polar surface area (TPSA) is 85.7 Å². The van der Waals surface area contributed by atoms with E-state index in [9.17, 15) is 4.79 Å². The number of hydrogen-bond acceptors (Lipinski definition) is 6. The van der Waals surface area contributed by atoms with Crippen LogP contribution in [0.2, 0.25) is 0 Å². The minimum absolute atomic E-state index is 0.0161. The van der Waals surface area contributed by atoms with Crippen LogP contribution in [-0.4, -0.2) is 37.8 Å². The lowest BCUT2D eigenvalue weighted by atomic mass is 10.4. The highest BCUT2D eigenvalue weighted by molar-refractivity contribution is 7.71.